The first-order chi connectivity index (χ1) is 10.4. The highest BCUT2D eigenvalue weighted by Gasteiger charge is 2.17. The molecule has 0 amide bonds. The van der Waals surface area contributed by atoms with Gasteiger partial charge in [-0.3, -0.25) is 14.2 Å². The van der Waals surface area contributed by atoms with Crippen LogP contribution < -0.4 is 5.56 Å². The average molecular weight is 364 g/mol. The van der Waals surface area contributed by atoms with Gasteiger partial charge in [0.2, 0.25) is 0 Å². The van der Waals surface area contributed by atoms with Crippen LogP contribution in [0.3, 0.4) is 0 Å². The van der Waals surface area contributed by atoms with Gasteiger partial charge in [0, 0.05) is 24.0 Å². The molecule has 0 aromatic carbocycles. The van der Waals surface area contributed by atoms with Crippen molar-refractivity contribution in [1.29, 1.82) is 0 Å². The molecule has 3 aromatic heterocycles. The number of aromatic nitrogens is 5. The Balaban J connectivity index is 2.03. The van der Waals surface area contributed by atoms with Crippen molar-refractivity contribution in [2.75, 3.05) is 0 Å². The van der Waals surface area contributed by atoms with Crippen LogP contribution in [-0.2, 0) is 13.6 Å². The number of Topliss-reactive ketones (excluding diaryl/α,β-unsaturated/α-hetero) is 1. The van der Waals surface area contributed by atoms with E-state index in [4.69, 9.17) is 0 Å². The topological polar surface area (TPSA) is 85.6 Å². The van der Waals surface area contributed by atoms with Crippen LogP contribution in [0.1, 0.15) is 21.7 Å². The Bertz CT molecular complexity index is 950. The van der Waals surface area contributed by atoms with Gasteiger partial charge in [-0.1, -0.05) is 0 Å². The monoisotopic (exact) mass is 363 g/mol. The van der Waals surface area contributed by atoms with Crippen molar-refractivity contribution in [2.24, 2.45) is 7.05 Å². The SMILES string of the molecule is Cc1cc(C(=O)Cn2cnc3c(c(Br)nn3C)c2=O)c(C)[nH]1. The molecule has 0 aliphatic heterocycles. The van der Waals surface area contributed by atoms with E-state index in [1.54, 1.807) is 13.1 Å². The fourth-order valence-electron chi connectivity index (χ4n) is 2.50. The lowest BCUT2D eigenvalue weighted by molar-refractivity contribution is 0.0970. The van der Waals surface area contributed by atoms with Crippen LogP contribution in [0.4, 0.5) is 0 Å². The molecule has 22 heavy (non-hydrogen) atoms. The van der Waals surface area contributed by atoms with Gasteiger partial charge in [0.25, 0.3) is 5.56 Å². The summed E-state index contributed by atoms with van der Waals surface area (Å²) in [7, 11) is 1.71. The normalized spacial score (nSPS) is 11.3. The highest BCUT2D eigenvalue weighted by molar-refractivity contribution is 9.10. The second kappa shape index (κ2) is 5.20. The number of hydrogen-bond acceptors (Lipinski definition) is 4. The summed E-state index contributed by atoms with van der Waals surface area (Å²) < 4.78 is 3.25. The van der Waals surface area contributed by atoms with Gasteiger partial charge in [-0.15, -0.1) is 0 Å². The standard InChI is InChI=1S/C14H14BrN5O2/c1-7-4-9(8(2)17-7)10(21)5-20-6-16-13-11(14(20)22)12(15)18-19(13)3/h4,6,17H,5H2,1-3H3. The van der Waals surface area contributed by atoms with Crippen LogP contribution in [0.5, 0.6) is 0 Å². The number of fused-ring (bicyclic) bond motifs is 1. The van der Waals surface area contributed by atoms with Crippen molar-refractivity contribution in [2.45, 2.75) is 20.4 Å². The molecule has 0 spiro atoms. The molecule has 1 N–H and O–H groups in total. The van der Waals surface area contributed by atoms with Crippen LogP contribution in [-0.4, -0.2) is 30.1 Å². The molecule has 114 valence electrons. The molecule has 0 bridgehead atoms. The lowest BCUT2D eigenvalue weighted by Gasteiger charge is -2.04. The molecule has 0 saturated carbocycles. The van der Waals surface area contributed by atoms with Crippen molar-refractivity contribution >= 4 is 32.7 Å². The first kappa shape index (κ1) is 14.7. The van der Waals surface area contributed by atoms with Gasteiger partial charge in [0.05, 0.1) is 6.54 Å². The fraction of sp³-hybridized carbons (Fsp3) is 0.286. The van der Waals surface area contributed by atoms with E-state index in [-0.39, 0.29) is 17.9 Å². The van der Waals surface area contributed by atoms with Gasteiger partial charge in [-0.2, -0.15) is 5.10 Å². The molecule has 0 aliphatic carbocycles. The van der Waals surface area contributed by atoms with E-state index in [1.165, 1.54) is 15.6 Å². The molecule has 3 aromatic rings. The Hall–Kier alpha value is -2.22. The molecule has 3 heterocycles. The number of rotatable bonds is 3. The number of carbonyl (C=O) groups is 1. The Morgan fingerprint density at radius 3 is 2.77 bits per heavy atom. The summed E-state index contributed by atoms with van der Waals surface area (Å²) in [6, 6.07) is 1.79. The van der Waals surface area contributed by atoms with Gasteiger partial charge >= 0.3 is 0 Å². The summed E-state index contributed by atoms with van der Waals surface area (Å²) in [5.41, 5.74) is 2.50. The van der Waals surface area contributed by atoms with Crippen LogP contribution >= 0.6 is 15.9 Å². The highest BCUT2D eigenvalue weighted by Crippen LogP contribution is 2.17. The van der Waals surface area contributed by atoms with Gasteiger partial charge in [-0.05, 0) is 35.8 Å². The summed E-state index contributed by atoms with van der Waals surface area (Å²) in [6.07, 6.45) is 1.38. The molecule has 7 nitrogen and oxygen atoms in total. The Morgan fingerprint density at radius 1 is 1.41 bits per heavy atom. The second-order valence-electron chi connectivity index (χ2n) is 5.20. The van der Waals surface area contributed by atoms with E-state index in [2.05, 4.69) is 31.0 Å². The zero-order valence-electron chi connectivity index (χ0n) is 12.3. The van der Waals surface area contributed by atoms with Crippen LogP contribution in [0, 0.1) is 13.8 Å². The number of H-pyrrole nitrogens is 1. The average Bonchev–Trinajstić information content (AvgIpc) is 2.93. The largest absolute Gasteiger partial charge is 0.362 e. The van der Waals surface area contributed by atoms with Gasteiger partial charge in [0.15, 0.2) is 11.4 Å². The van der Waals surface area contributed by atoms with Crippen molar-refractivity contribution in [1.82, 2.24) is 24.3 Å². The summed E-state index contributed by atoms with van der Waals surface area (Å²) in [5, 5.41) is 4.49. The number of aromatic amines is 1. The number of nitrogens with one attached hydrogen (secondary N) is 1. The number of ketones is 1. The summed E-state index contributed by atoms with van der Waals surface area (Å²) in [5.74, 6) is -0.134. The molecular formula is C14H14BrN5O2. The number of aryl methyl sites for hydroxylation is 3. The van der Waals surface area contributed by atoms with Crippen LogP contribution in [0.15, 0.2) is 21.8 Å². The van der Waals surface area contributed by atoms with Crippen molar-refractivity contribution in [3.8, 4) is 0 Å². The predicted molar refractivity (Wildman–Crippen MR) is 85.1 cm³/mol. The first-order valence-corrected chi connectivity index (χ1v) is 7.45. The van der Waals surface area contributed by atoms with Crippen molar-refractivity contribution in [3.63, 3.8) is 0 Å². The lowest BCUT2D eigenvalue weighted by atomic mass is 10.1. The number of carbonyl (C=O) groups excluding carboxylic acids is 1. The number of halogens is 1. The van der Waals surface area contributed by atoms with Crippen LogP contribution in [0.25, 0.3) is 11.0 Å². The molecule has 0 aliphatic rings. The maximum atomic E-state index is 12.5. The Kier molecular flexibility index (Phi) is 3.48. The molecule has 8 heteroatoms. The summed E-state index contributed by atoms with van der Waals surface area (Å²) >= 11 is 3.25. The molecule has 0 unspecified atom stereocenters. The molecule has 0 atom stereocenters. The maximum absolute atomic E-state index is 12.5. The summed E-state index contributed by atoms with van der Waals surface area (Å²) in [6.45, 7) is 3.67. The number of nitrogens with zero attached hydrogens (tertiary/aromatic N) is 4. The van der Waals surface area contributed by atoms with Gasteiger partial charge in [0.1, 0.15) is 16.3 Å². The van der Waals surface area contributed by atoms with Gasteiger partial charge < -0.3 is 4.98 Å². The minimum absolute atomic E-state index is 0.0543. The van der Waals surface area contributed by atoms with Gasteiger partial charge in [-0.25, -0.2) is 9.67 Å². The van der Waals surface area contributed by atoms with E-state index in [1.807, 2.05) is 13.8 Å². The molecule has 0 saturated heterocycles. The Labute approximate surface area is 134 Å². The third-order valence-electron chi connectivity index (χ3n) is 3.53. The van der Waals surface area contributed by atoms with E-state index in [0.717, 1.165) is 11.4 Å². The van der Waals surface area contributed by atoms with E-state index >= 15 is 0 Å². The predicted octanol–water partition coefficient (Wildman–Crippen LogP) is 1.72. The third-order valence-corrected chi connectivity index (χ3v) is 4.09. The van der Waals surface area contributed by atoms with E-state index in [0.29, 0.717) is 21.2 Å². The molecule has 3 rings (SSSR count). The Morgan fingerprint density at radius 2 is 2.14 bits per heavy atom. The fourth-order valence-corrected chi connectivity index (χ4v) is 3.09. The van der Waals surface area contributed by atoms with Crippen LogP contribution in [0.2, 0.25) is 0 Å². The maximum Gasteiger partial charge on any atom is 0.266 e. The van der Waals surface area contributed by atoms with Crippen molar-refractivity contribution < 1.29 is 4.79 Å². The second-order valence-corrected chi connectivity index (χ2v) is 5.96. The van der Waals surface area contributed by atoms with Crippen molar-refractivity contribution in [3.05, 3.63) is 44.3 Å². The molecule has 0 radical (unpaired) electrons. The first-order valence-electron chi connectivity index (χ1n) is 6.65. The minimum atomic E-state index is -0.289. The molecule has 0 fully saturated rings. The lowest BCUT2D eigenvalue weighted by Crippen LogP contribution is -2.25. The van der Waals surface area contributed by atoms with E-state index in [9.17, 15) is 9.59 Å². The zero-order valence-corrected chi connectivity index (χ0v) is 13.9. The third kappa shape index (κ3) is 2.29. The quantitative estimate of drug-likeness (QED) is 0.717. The minimum Gasteiger partial charge on any atom is -0.362 e. The van der Waals surface area contributed by atoms with E-state index < -0.39 is 0 Å². The number of hydrogen-bond donors (Lipinski definition) is 1. The zero-order chi connectivity index (χ0) is 16.0. The summed E-state index contributed by atoms with van der Waals surface area (Å²) in [4.78, 5) is 32.2. The highest BCUT2D eigenvalue weighted by atomic mass is 79.9. The molecular weight excluding hydrogens is 350 g/mol. The smallest absolute Gasteiger partial charge is 0.266 e.